The van der Waals surface area contributed by atoms with Gasteiger partial charge in [0, 0.05) is 38.1 Å². The highest BCUT2D eigenvalue weighted by atomic mass is 35.5. The first kappa shape index (κ1) is 23.1. The smallest absolute Gasteiger partial charge is 0.243 e. The van der Waals surface area contributed by atoms with E-state index in [2.05, 4.69) is 6.92 Å². The Labute approximate surface area is 174 Å². The number of hydrogen-bond donors (Lipinski definition) is 1. The molecule has 2 N–H and O–H groups in total. The van der Waals surface area contributed by atoms with Gasteiger partial charge in [0.25, 0.3) is 0 Å². The number of piperidine rings is 2. The van der Waals surface area contributed by atoms with Crippen molar-refractivity contribution in [2.24, 2.45) is 17.6 Å². The van der Waals surface area contributed by atoms with Crippen LogP contribution < -0.4 is 5.73 Å². The molecule has 158 valence electrons. The van der Waals surface area contributed by atoms with E-state index in [1.54, 1.807) is 12.1 Å². The van der Waals surface area contributed by atoms with Crippen molar-refractivity contribution in [3.8, 4) is 0 Å². The molecule has 0 saturated carbocycles. The first-order valence-corrected chi connectivity index (χ1v) is 11.3. The number of nitrogens with zero attached hydrogens (tertiary/aromatic N) is 2. The van der Waals surface area contributed by atoms with Crippen LogP contribution in [0.2, 0.25) is 0 Å². The number of halogens is 1. The van der Waals surface area contributed by atoms with E-state index >= 15 is 0 Å². The van der Waals surface area contributed by atoms with Crippen LogP contribution >= 0.6 is 12.4 Å². The number of carbonyl (C=O) groups excluding carboxylic acids is 1. The Balaban J connectivity index is 0.00000280. The minimum Gasteiger partial charge on any atom is -0.338 e. The van der Waals surface area contributed by atoms with Crippen LogP contribution in [-0.2, 0) is 14.8 Å². The highest BCUT2D eigenvalue weighted by Gasteiger charge is 2.37. The zero-order chi connectivity index (χ0) is 19.6. The fraction of sp³-hybridized carbons (Fsp3) is 0.650. The zero-order valence-corrected chi connectivity index (χ0v) is 18.3. The second-order valence-corrected chi connectivity index (χ2v) is 9.98. The van der Waals surface area contributed by atoms with Gasteiger partial charge in [-0.1, -0.05) is 24.6 Å². The highest BCUT2D eigenvalue weighted by molar-refractivity contribution is 7.89. The lowest BCUT2D eigenvalue weighted by molar-refractivity contribution is -0.141. The average Bonchev–Trinajstić information content (AvgIpc) is 2.67. The lowest BCUT2D eigenvalue weighted by Gasteiger charge is -2.41. The largest absolute Gasteiger partial charge is 0.338 e. The molecule has 28 heavy (non-hydrogen) atoms. The summed E-state index contributed by atoms with van der Waals surface area (Å²) in [6, 6.07) is 7.06. The maximum atomic E-state index is 13.0. The van der Waals surface area contributed by atoms with Crippen LogP contribution in [0.25, 0.3) is 0 Å². The van der Waals surface area contributed by atoms with Crippen LogP contribution in [0.4, 0.5) is 0 Å². The van der Waals surface area contributed by atoms with E-state index in [-0.39, 0.29) is 30.3 Å². The first-order chi connectivity index (χ1) is 12.8. The lowest BCUT2D eigenvalue weighted by Crippen LogP contribution is -2.52. The van der Waals surface area contributed by atoms with E-state index in [9.17, 15) is 13.2 Å². The van der Waals surface area contributed by atoms with Gasteiger partial charge >= 0.3 is 0 Å². The molecule has 2 unspecified atom stereocenters. The molecule has 6 nitrogen and oxygen atoms in total. The van der Waals surface area contributed by atoms with Crippen molar-refractivity contribution in [2.75, 3.05) is 26.2 Å². The van der Waals surface area contributed by atoms with Gasteiger partial charge in [0.1, 0.15) is 0 Å². The van der Waals surface area contributed by atoms with E-state index in [0.29, 0.717) is 43.3 Å². The van der Waals surface area contributed by atoms with E-state index in [1.165, 1.54) is 4.31 Å². The van der Waals surface area contributed by atoms with Crippen LogP contribution in [0.15, 0.2) is 29.2 Å². The Hall–Kier alpha value is -1.15. The molecule has 0 bridgehead atoms. The summed E-state index contributed by atoms with van der Waals surface area (Å²) in [4.78, 5) is 15.3. The van der Waals surface area contributed by atoms with Gasteiger partial charge < -0.3 is 10.6 Å². The molecule has 0 radical (unpaired) electrons. The molecule has 8 heteroatoms. The predicted molar refractivity (Wildman–Crippen MR) is 113 cm³/mol. The van der Waals surface area contributed by atoms with E-state index in [1.807, 2.05) is 24.0 Å². The summed E-state index contributed by atoms with van der Waals surface area (Å²) < 4.78 is 27.2. The SMILES string of the molecule is Cc1ccc(S(=O)(=O)N2CCC(C(=O)N3CCC(C)CC3CN)CC2)cc1.Cl. The van der Waals surface area contributed by atoms with Crippen LogP contribution in [0.3, 0.4) is 0 Å². The maximum Gasteiger partial charge on any atom is 0.243 e. The maximum absolute atomic E-state index is 13.0. The average molecular weight is 430 g/mol. The number of hydrogen-bond acceptors (Lipinski definition) is 4. The van der Waals surface area contributed by atoms with Gasteiger partial charge in [0.05, 0.1) is 4.90 Å². The van der Waals surface area contributed by atoms with Crippen LogP contribution in [-0.4, -0.2) is 55.8 Å². The lowest BCUT2D eigenvalue weighted by atomic mass is 9.89. The van der Waals surface area contributed by atoms with Crippen molar-refractivity contribution in [1.29, 1.82) is 0 Å². The molecule has 0 aliphatic carbocycles. The molecule has 1 aromatic rings. The summed E-state index contributed by atoms with van der Waals surface area (Å²) in [5.74, 6) is 0.658. The molecule has 2 saturated heterocycles. The van der Waals surface area contributed by atoms with Gasteiger partial charge in [-0.05, 0) is 50.7 Å². The number of sulfonamides is 1. The quantitative estimate of drug-likeness (QED) is 0.796. The van der Waals surface area contributed by atoms with Crippen molar-refractivity contribution < 1.29 is 13.2 Å². The van der Waals surface area contributed by atoms with Gasteiger partial charge in [0.15, 0.2) is 0 Å². The summed E-state index contributed by atoms with van der Waals surface area (Å²) in [7, 11) is -3.49. The van der Waals surface area contributed by atoms with Crippen molar-refractivity contribution in [3.63, 3.8) is 0 Å². The van der Waals surface area contributed by atoms with E-state index in [4.69, 9.17) is 5.73 Å². The van der Waals surface area contributed by atoms with Gasteiger partial charge in [-0.2, -0.15) is 4.31 Å². The molecular formula is C20H32ClN3O3S. The van der Waals surface area contributed by atoms with Crippen LogP contribution in [0, 0.1) is 18.8 Å². The number of benzene rings is 1. The minimum absolute atomic E-state index is 0. The number of rotatable bonds is 4. The Bertz CT molecular complexity index is 761. The summed E-state index contributed by atoms with van der Waals surface area (Å²) in [6.45, 7) is 6.19. The fourth-order valence-corrected chi connectivity index (χ4v) is 5.67. The number of likely N-dealkylation sites (tertiary alicyclic amines) is 1. The molecule has 0 aromatic heterocycles. The van der Waals surface area contributed by atoms with E-state index < -0.39 is 10.0 Å². The van der Waals surface area contributed by atoms with Gasteiger partial charge in [0.2, 0.25) is 15.9 Å². The summed E-state index contributed by atoms with van der Waals surface area (Å²) in [5.41, 5.74) is 6.93. The fourth-order valence-electron chi connectivity index (χ4n) is 4.20. The van der Waals surface area contributed by atoms with Gasteiger partial charge in [-0.25, -0.2) is 8.42 Å². The first-order valence-electron chi connectivity index (χ1n) is 9.90. The number of carbonyl (C=O) groups is 1. The van der Waals surface area contributed by atoms with Crippen LogP contribution in [0.1, 0.15) is 38.2 Å². The topological polar surface area (TPSA) is 83.7 Å². The molecule has 2 aliphatic heterocycles. The number of nitrogens with two attached hydrogens (primary N) is 1. The molecule has 2 aliphatic rings. The minimum atomic E-state index is -3.49. The Morgan fingerprint density at radius 1 is 1.11 bits per heavy atom. The van der Waals surface area contributed by atoms with Crippen molar-refractivity contribution in [2.45, 2.75) is 50.5 Å². The number of amides is 1. The molecule has 2 heterocycles. The van der Waals surface area contributed by atoms with Crippen LogP contribution in [0.5, 0.6) is 0 Å². The second kappa shape index (κ2) is 9.57. The van der Waals surface area contributed by atoms with Crippen molar-refractivity contribution >= 4 is 28.3 Å². The molecule has 0 spiro atoms. The molecule has 2 fully saturated rings. The standard InChI is InChI=1S/C20H31N3O3S.ClH/c1-15-3-5-19(6-4-15)27(25,26)22-10-8-17(9-11-22)20(24)23-12-7-16(2)13-18(23)14-21;/h3-6,16-18H,7-14,21H2,1-2H3;1H. The predicted octanol–water partition coefficient (Wildman–Crippen LogP) is 2.40. The third-order valence-corrected chi connectivity index (χ3v) is 7.91. The van der Waals surface area contributed by atoms with Gasteiger partial charge in [-0.3, -0.25) is 4.79 Å². The van der Waals surface area contributed by atoms with E-state index in [0.717, 1.165) is 24.9 Å². The summed E-state index contributed by atoms with van der Waals surface area (Å²) >= 11 is 0. The highest BCUT2D eigenvalue weighted by Crippen LogP contribution is 2.29. The van der Waals surface area contributed by atoms with Gasteiger partial charge in [-0.15, -0.1) is 12.4 Å². The third-order valence-electron chi connectivity index (χ3n) is 6.00. The summed E-state index contributed by atoms with van der Waals surface area (Å²) in [6.07, 6.45) is 3.13. The monoisotopic (exact) mass is 429 g/mol. The normalized spacial score (nSPS) is 24.6. The Kier molecular flexibility index (Phi) is 7.90. The molecular weight excluding hydrogens is 398 g/mol. The van der Waals surface area contributed by atoms with Crippen molar-refractivity contribution in [3.05, 3.63) is 29.8 Å². The molecule has 3 rings (SSSR count). The third kappa shape index (κ3) is 4.87. The summed E-state index contributed by atoms with van der Waals surface area (Å²) in [5, 5.41) is 0. The molecule has 2 atom stereocenters. The molecule has 1 amide bonds. The van der Waals surface area contributed by atoms with Crippen molar-refractivity contribution in [1.82, 2.24) is 9.21 Å². The second-order valence-electron chi connectivity index (χ2n) is 8.04. The number of aryl methyl sites for hydroxylation is 1. The zero-order valence-electron chi connectivity index (χ0n) is 16.7. The Morgan fingerprint density at radius 3 is 2.29 bits per heavy atom. The Morgan fingerprint density at radius 2 is 1.71 bits per heavy atom. The molecule has 1 aromatic carbocycles.